The average Bonchev–Trinajstić information content (AvgIpc) is 0.780. The van der Waals surface area contributed by atoms with Gasteiger partial charge in [-0.15, -0.1) is 0 Å². The maximum Gasteiger partial charge on any atom is 0.246 e. The molecule has 0 aliphatic carbocycles. The molecule has 2 rings (SSSR count). The Hall–Kier alpha value is -6.55. The Morgan fingerprint density at radius 1 is 0.500 bits per heavy atom. The molecule has 98 heavy (non-hydrogen) atoms. The van der Waals surface area contributed by atoms with Crippen LogP contribution in [0.2, 0.25) is 0 Å². The van der Waals surface area contributed by atoms with Gasteiger partial charge >= 0.3 is 0 Å². The second kappa shape index (κ2) is 41.9. The number of morpholine rings is 1. The summed E-state index contributed by atoms with van der Waals surface area (Å²) in [7, 11) is 9.83. The molecule has 0 saturated carbocycles. The molecule has 11 amide bonds. The summed E-state index contributed by atoms with van der Waals surface area (Å²) in [4.78, 5) is 174. The number of carbonyl (C=O) groups is 11. The van der Waals surface area contributed by atoms with E-state index in [2.05, 4.69) is 26.2 Å². The molecule has 0 bridgehead atoms. The number of nitrogens with one attached hydrogen (secondary N) is 4. The van der Waals surface area contributed by atoms with Crippen molar-refractivity contribution in [3.8, 4) is 0 Å². The summed E-state index contributed by atoms with van der Waals surface area (Å²) in [6.45, 7) is 33.5. The van der Waals surface area contributed by atoms with Crippen LogP contribution in [0, 0.1) is 35.5 Å². The van der Waals surface area contributed by atoms with Crippen LogP contribution in [-0.2, 0) is 67.0 Å². The molecule has 27 nitrogen and oxygen atoms in total. The van der Waals surface area contributed by atoms with Crippen LogP contribution >= 0.6 is 0 Å². The van der Waals surface area contributed by atoms with E-state index in [1.807, 2.05) is 41.5 Å². The van der Waals surface area contributed by atoms with E-state index < -0.39 is 161 Å². The SMILES string of the molecule is C/C=C/C[C@@H](C)[C@@H](O)[C@H]1C(=O)N[C@@H](CC)C(=O)N(C)[C@H](C)C(=O)N(C)[C@@H]([C@@H](C)OC/C=C/COCCN2CCOCC2)C(=O)N[C@@H](C(C)C)C(=O)N(C)[C@H](CC(C)C)C(=O)N[C@@H](C)C(=O)N[C@@H](C)C(=O)N(C)[C@@H](CC(C)C)C(=O)N(C)[C@H](CC(C)C)C(=O)N(C)[C@@H](C(C)C)C(=O)N1C. The van der Waals surface area contributed by atoms with Gasteiger partial charge in [-0.1, -0.05) is 107 Å². The maximum atomic E-state index is 15.3. The number of ether oxygens (including phenoxy) is 3. The summed E-state index contributed by atoms with van der Waals surface area (Å²) in [5, 5.41) is 23.3. The van der Waals surface area contributed by atoms with E-state index in [4.69, 9.17) is 14.2 Å². The second-order valence-corrected chi connectivity index (χ2v) is 28.8. The predicted molar refractivity (Wildman–Crippen MR) is 376 cm³/mol. The fourth-order valence-electron chi connectivity index (χ4n) is 12.3. The normalized spacial score (nSPS) is 27.2. The van der Waals surface area contributed by atoms with Gasteiger partial charge in [-0.25, -0.2) is 0 Å². The van der Waals surface area contributed by atoms with Crippen molar-refractivity contribution < 1.29 is 72.1 Å². The number of amides is 11. The smallest absolute Gasteiger partial charge is 0.246 e. The van der Waals surface area contributed by atoms with E-state index in [1.165, 1.54) is 89.7 Å². The third kappa shape index (κ3) is 25.3. The minimum atomic E-state index is -1.65. The molecule has 2 aliphatic rings. The molecule has 2 aliphatic heterocycles. The number of allylic oxidation sites excluding steroid dienone is 2. The standard InChI is InChI=1S/C71H126N12O15/c1-25-27-30-47(13)60(84)59-64(88)74-52(26-2)67(91)76(18)50(16)66(90)81(23)58(51(17)98-35-29-28-34-96-36-31-83-32-37-97-38-33-83)63(87)75-56(45(9)10)70(94)77(19)53(39-42(3)4)62(86)72-48(14)61(85)73-49(15)65(89)78(20)54(40-43(5)6)68(92)79(21)55(41-44(7)8)69(93)80(22)57(46(11)12)71(95)82(59)24/h25,27-29,42-60,84H,26,30-41H2,1-24H3,(H,72,86)(H,73,85)(H,74,88)(H,75,87)/b27-25+,29-28+/t47-,48+,49+,50-,51-,52+,53-,54+,55-,56+,57+,58+,59+,60-/m1/s1. The molecular formula is C71H126N12O15. The highest BCUT2D eigenvalue weighted by Gasteiger charge is 2.46. The Bertz CT molecular complexity index is 2690. The molecule has 5 N–H and O–H groups in total. The van der Waals surface area contributed by atoms with Crippen molar-refractivity contribution in [1.29, 1.82) is 0 Å². The largest absolute Gasteiger partial charge is 0.390 e. The Balaban J connectivity index is 2.98. The molecule has 0 aromatic rings. The number of likely N-dealkylation sites (N-methyl/N-ethyl adjacent to an activating group) is 7. The van der Waals surface area contributed by atoms with Gasteiger partial charge in [0.15, 0.2) is 0 Å². The first-order valence-electron chi connectivity index (χ1n) is 35.2. The van der Waals surface area contributed by atoms with E-state index in [1.54, 1.807) is 79.7 Å². The lowest BCUT2D eigenvalue weighted by atomic mass is 9.91. The topological polar surface area (TPSA) is 310 Å². The van der Waals surface area contributed by atoms with Crippen LogP contribution in [0.4, 0.5) is 0 Å². The molecule has 27 heteroatoms. The molecule has 0 unspecified atom stereocenters. The summed E-state index contributed by atoms with van der Waals surface area (Å²) in [5.41, 5.74) is 0. The lowest BCUT2D eigenvalue weighted by Gasteiger charge is -2.41. The third-order valence-corrected chi connectivity index (χ3v) is 18.7. The summed E-state index contributed by atoms with van der Waals surface area (Å²) < 4.78 is 17.5. The van der Waals surface area contributed by atoms with E-state index in [0.717, 1.165) is 34.3 Å². The number of nitrogens with zero attached hydrogens (tertiary/aromatic N) is 8. The zero-order valence-corrected chi connectivity index (χ0v) is 63.7. The first-order chi connectivity index (χ1) is 45.7. The van der Waals surface area contributed by atoms with Gasteiger partial charge in [-0.3, -0.25) is 57.6 Å². The van der Waals surface area contributed by atoms with Crippen molar-refractivity contribution in [1.82, 2.24) is 60.5 Å². The Kier molecular flexibility index (Phi) is 37.4. The van der Waals surface area contributed by atoms with Crippen molar-refractivity contribution in [2.45, 2.75) is 228 Å². The molecule has 2 saturated heterocycles. The van der Waals surface area contributed by atoms with Crippen molar-refractivity contribution in [3.05, 3.63) is 24.3 Å². The molecule has 0 aromatic carbocycles. The number of aliphatic hydroxyl groups excluding tert-OH is 1. The van der Waals surface area contributed by atoms with Gasteiger partial charge in [0.05, 0.1) is 45.2 Å². The van der Waals surface area contributed by atoms with Crippen LogP contribution in [0.1, 0.15) is 150 Å². The summed E-state index contributed by atoms with van der Waals surface area (Å²) in [6.07, 6.45) is 5.13. The van der Waals surface area contributed by atoms with Crippen molar-refractivity contribution >= 4 is 65.0 Å². The molecule has 560 valence electrons. The fourth-order valence-corrected chi connectivity index (χ4v) is 12.3. The zero-order valence-electron chi connectivity index (χ0n) is 63.7. The first-order valence-corrected chi connectivity index (χ1v) is 35.2. The lowest BCUT2D eigenvalue weighted by molar-refractivity contribution is -0.157. The van der Waals surface area contributed by atoms with E-state index >= 15 is 24.0 Å². The van der Waals surface area contributed by atoms with E-state index in [9.17, 15) is 33.9 Å². The van der Waals surface area contributed by atoms with Gasteiger partial charge in [0.25, 0.3) is 0 Å². The molecule has 14 atom stereocenters. The fraction of sp³-hybridized carbons (Fsp3) is 0.789. The molecule has 0 radical (unpaired) electrons. The van der Waals surface area contributed by atoms with Gasteiger partial charge in [-0.2, -0.15) is 0 Å². The number of carbonyl (C=O) groups excluding carboxylic acids is 11. The predicted octanol–water partition coefficient (Wildman–Crippen LogP) is 2.92. The van der Waals surface area contributed by atoms with Crippen LogP contribution in [0.15, 0.2) is 24.3 Å². The van der Waals surface area contributed by atoms with E-state index in [-0.39, 0.29) is 63.1 Å². The third-order valence-electron chi connectivity index (χ3n) is 18.7. The van der Waals surface area contributed by atoms with Gasteiger partial charge < -0.3 is 74.9 Å². The molecule has 0 aromatic heterocycles. The van der Waals surface area contributed by atoms with Crippen LogP contribution in [0.3, 0.4) is 0 Å². The van der Waals surface area contributed by atoms with Crippen LogP contribution < -0.4 is 21.3 Å². The minimum Gasteiger partial charge on any atom is -0.390 e. The zero-order chi connectivity index (χ0) is 74.9. The van der Waals surface area contributed by atoms with Crippen molar-refractivity contribution in [2.24, 2.45) is 35.5 Å². The highest BCUT2D eigenvalue weighted by molar-refractivity contribution is 6.00. The minimum absolute atomic E-state index is 0.0221. The quantitative estimate of drug-likeness (QED) is 0.0769. The van der Waals surface area contributed by atoms with Crippen LogP contribution in [0.5, 0.6) is 0 Å². The summed E-state index contributed by atoms with van der Waals surface area (Å²) >= 11 is 0. The molecule has 2 heterocycles. The highest BCUT2D eigenvalue weighted by atomic mass is 16.5. The van der Waals surface area contributed by atoms with Gasteiger partial charge in [0.2, 0.25) is 65.0 Å². The summed E-state index contributed by atoms with van der Waals surface area (Å²) in [5.74, 6) is -10.3. The van der Waals surface area contributed by atoms with Gasteiger partial charge in [0.1, 0.15) is 66.5 Å². The number of hydrogen-bond acceptors (Lipinski definition) is 16. The Labute approximate surface area is 585 Å². The van der Waals surface area contributed by atoms with Crippen LogP contribution in [-0.4, -0.2) is 290 Å². The van der Waals surface area contributed by atoms with Gasteiger partial charge in [-0.05, 0) is 102 Å². The number of hydrogen-bond donors (Lipinski definition) is 5. The highest BCUT2D eigenvalue weighted by Crippen LogP contribution is 2.26. The number of aliphatic hydroxyl groups is 1. The van der Waals surface area contributed by atoms with Gasteiger partial charge in [0, 0.05) is 69.0 Å². The lowest BCUT2D eigenvalue weighted by Crippen LogP contribution is -2.64. The molecule has 2 fully saturated rings. The maximum absolute atomic E-state index is 15.3. The van der Waals surface area contributed by atoms with Crippen molar-refractivity contribution in [2.75, 3.05) is 102 Å². The van der Waals surface area contributed by atoms with Crippen LogP contribution in [0.25, 0.3) is 0 Å². The summed E-state index contributed by atoms with van der Waals surface area (Å²) in [6, 6.07) is -14.4. The molecule has 0 spiro atoms. The monoisotopic (exact) mass is 1390 g/mol. The number of rotatable bonds is 22. The second-order valence-electron chi connectivity index (χ2n) is 28.8. The Morgan fingerprint density at radius 3 is 1.50 bits per heavy atom. The average molecular weight is 1390 g/mol. The first kappa shape index (κ1) is 87.5. The Morgan fingerprint density at radius 2 is 0.980 bits per heavy atom. The van der Waals surface area contributed by atoms with E-state index in [0.29, 0.717) is 19.8 Å². The molecular weight excluding hydrogens is 1260 g/mol. The van der Waals surface area contributed by atoms with Crippen molar-refractivity contribution in [3.63, 3.8) is 0 Å².